The summed E-state index contributed by atoms with van der Waals surface area (Å²) in [4.78, 5) is 20.3. The van der Waals surface area contributed by atoms with Gasteiger partial charge in [-0.15, -0.1) is 0 Å². The van der Waals surface area contributed by atoms with E-state index in [1.54, 1.807) is 0 Å². The van der Waals surface area contributed by atoms with Gasteiger partial charge >= 0.3 is 0 Å². The number of nitrogens with two attached hydrogens (primary N) is 1. The minimum Gasteiger partial charge on any atom is -0.338 e. The molecule has 1 aliphatic rings. The second-order valence-electron chi connectivity index (χ2n) is 6.44. The highest BCUT2D eigenvalue weighted by Crippen LogP contribution is 2.27. The van der Waals surface area contributed by atoms with Crippen LogP contribution in [0.15, 0.2) is 48.5 Å². The summed E-state index contributed by atoms with van der Waals surface area (Å²) in [7, 11) is 0. The maximum Gasteiger partial charge on any atom is 0.227 e. The van der Waals surface area contributed by atoms with Gasteiger partial charge in [-0.1, -0.05) is 24.3 Å². The van der Waals surface area contributed by atoms with Gasteiger partial charge in [-0.2, -0.15) is 0 Å². The molecule has 1 heterocycles. The number of carbonyl (C=O) groups is 1. The number of hydrogen-bond donors (Lipinski definition) is 3. The number of anilines is 1. The molecule has 5 heteroatoms. The van der Waals surface area contributed by atoms with Gasteiger partial charge in [0.2, 0.25) is 5.91 Å². The molecule has 0 saturated heterocycles. The van der Waals surface area contributed by atoms with Crippen molar-refractivity contribution in [3.8, 4) is 11.4 Å². The zero-order chi connectivity index (χ0) is 16.5. The maximum absolute atomic E-state index is 12.4. The Morgan fingerprint density at radius 3 is 2.83 bits per heavy atom. The number of hydrogen-bond acceptors (Lipinski definition) is 3. The lowest BCUT2D eigenvalue weighted by Gasteiger charge is -2.11. The number of fused-ring (bicyclic) bond motifs is 1. The van der Waals surface area contributed by atoms with E-state index in [1.165, 1.54) is 0 Å². The molecule has 24 heavy (non-hydrogen) atoms. The van der Waals surface area contributed by atoms with Crippen LogP contribution >= 0.6 is 0 Å². The molecule has 4 N–H and O–H groups in total. The Hall–Kier alpha value is -2.66. The number of aromatic nitrogens is 2. The molecule has 2 atom stereocenters. The number of imidazole rings is 1. The molecule has 2 unspecified atom stereocenters. The van der Waals surface area contributed by atoms with E-state index in [-0.39, 0.29) is 17.9 Å². The number of para-hydroxylation sites is 2. The summed E-state index contributed by atoms with van der Waals surface area (Å²) in [5.74, 6) is 0.884. The predicted molar refractivity (Wildman–Crippen MR) is 95.5 cm³/mol. The van der Waals surface area contributed by atoms with Crippen molar-refractivity contribution in [2.75, 3.05) is 5.32 Å². The van der Waals surface area contributed by atoms with Gasteiger partial charge in [0.1, 0.15) is 5.82 Å². The van der Waals surface area contributed by atoms with E-state index in [9.17, 15) is 4.79 Å². The average Bonchev–Trinajstić information content (AvgIpc) is 3.21. The lowest BCUT2D eigenvalue weighted by Crippen LogP contribution is -2.23. The molecule has 0 spiro atoms. The Morgan fingerprint density at radius 1 is 1.17 bits per heavy atom. The Labute approximate surface area is 140 Å². The van der Waals surface area contributed by atoms with Crippen LogP contribution in [0.5, 0.6) is 0 Å². The first-order chi connectivity index (χ1) is 11.7. The molecule has 1 fully saturated rings. The van der Waals surface area contributed by atoms with E-state index in [2.05, 4.69) is 15.3 Å². The van der Waals surface area contributed by atoms with Gasteiger partial charge in [0.25, 0.3) is 0 Å². The van der Waals surface area contributed by atoms with E-state index >= 15 is 0 Å². The van der Waals surface area contributed by atoms with Crippen LogP contribution < -0.4 is 11.1 Å². The first-order valence-electron chi connectivity index (χ1n) is 8.31. The minimum absolute atomic E-state index is 0.0230. The van der Waals surface area contributed by atoms with Crippen LogP contribution in [0.3, 0.4) is 0 Å². The van der Waals surface area contributed by atoms with Crippen molar-refractivity contribution in [1.82, 2.24) is 9.97 Å². The van der Waals surface area contributed by atoms with Gasteiger partial charge in [-0.3, -0.25) is 4.79 Å². The number of carbonyl (C=O) groups excluding carboxylic acids is 1. The Balaban J connectivity index is 1.56. The zero-order valence-corrected chi connectivity index (χ0v) is 13.3. The van der Waals surface area contributed by atoms with Crippen molar-refractivity contribution in [3.63, 3.8) is 0 Å². The smallest absolute Gasteiger partial charge is 0.227 e. The molecule has 1 saturated carbocycles. The summed E-state index contributed by atoms with van der Waals surface area (Å²) in [6.07, 6.45) is 2.57. The number of rotatable bonds is 3. The fourth-order valence-corrected chi connectivity index (χ4v) is 3.33. The summed E-state index contributed by atoms with van der Waals surface area (Å²) >= 11 is 0. The third-order valence-corrected chi connectivity index (χ3v) is 4.64. The number of nitrogens with one attached hydrogen (secondary N) is 2. The van der Waals surface area contributed by atoms with E-state index in [4.69, 9.17) is 5.73 Å². The second-order valence-corrected chi connectivity index (χ2v) is 6.44. The van der Waals surface area contributed by atoms with Crippen molar-refractivity contribution in [1.29, 1.82) is 0 Å². The van der Waals surface area contributed by atoms with Crippen LogP contribution in [0.4, 0.5) is 5.69 Å². The number of benzene rings is 2. The summed E-state index contributed by atoms with van der Waals surface area (Å²) in [6, 6.07) is 15.8. The molecule has 0 bridgehead atoms. The molecular weight excluding hydrogens is 300 g/mol. The first kappa shape index (κ1) is 14.9. The molecule has 5 nitrogen and oxygen atoms in total. The molecule has 1 aliphatic carbocycles. The third-order valence-electron chi connectivity index (χ3n) is 4.64. The number of nitrogens with zero attached hydrogens (tertiary/aromatic N) is 1. The van der Waals surface area contributed by atoms with Gasteiger partial charge in [0.15, 0.2) is 0 Å². The summed E-state index contributed by atoms with van der Waals surface area (Å²) in [5, 5.41) is 3.01. The van der Waals surface area contributed by atoms with E-state index in [1.807, 2.05) is 48.5 Å². The second kappa shape index (κ2) is 6.09. The van der Waals surface area contributed by atoms with Gasteiger partial charge in [0, 0.05) is 23.2 Å². The van der Waals surface area contributed by atoms with Gasteiger partial charge in [-0.05, 0) is 43.5 Å². The molecule has 3 aromatic rings. The van der Waals surface area contributed by atoms with Crippen molar-refractivity contribution in [3.05, 3.63) is 48.5 Å². The van der Waals surface area contributed by atoms with E-state index in [0.717, 1.165) is 47.4 Å². The topological polar surface area (TPSA) is 83.8 Å². The largest absolute Gasteiger partial charge is 0.338 e. The molecule has 1 aromatic heterocycles. The number of aromatic amines is 1. The van der Waals surface area contributed by atoms with E-state index < -0.39 is 0 Å². The van der Waals surface area contributed by atoms with Crippen LogP contribution in [-0.4, -0.2) is 21.9 Å². The standard InChI is InChI=1S/C19H20N4O/c20-14-9-8-13(10-14)19(24)21-15-5-3-4-12(11-15)18-22-16-6-1-2-7-17(16)23-18/h1-7,11,13-14H,8-10,20H2,(H,21,24)(H,22,23). The highest BCUT2D eigenvalue weighted by atomic mass is 16.1. The molecule has 0 aliphatic heterocycles. The van der Waals surface area contributed by atoms with Crippen LogP contribution in [0, 0.1) is 5.92 Å². The summed E-state index contributed by atoms with van der Waals surface area (Å²) < 4.78 is 0. The summed E-state index contributed by atoms with van der Waals surface area (Å²) in [5.41, 5.74) is 9.58. The van der Waals surface area contributed by atoms with Crippen LogP contribution in [0.25, 0.3) is 22.4 Å². The van der Waals surface area contributed by atoms with Crippen molar-refractivity contribution in [2.45, 2.75) is 25.3 Å². The highest BCUT2D eigenvalue weighted by Gasteiger charge is 2.27. The Kier molecular flexibility index (Phi) is 3.78. The average molecular weight is 320 g/mol. The fraction of sp³-hybridized carbons (Fsp3) is 0.263. The summed E-state index contributed by atoms with van der Waals surface area (Å²) in [6.45, 7) is 0. The SMILES string of the molecule is NC1CCC(C(=O)Nc2cccc(-c3nc4ccccc4[nH]3)c2)C1. The molecule has 2 aromatic carbocycles. The normalized spacial score (nSPS) is 20.4. The zero-order valence-electron chi connectivity index (χ0n) is 13.3. The first-order valence-corrected chi connectivity index (χ1v) is 8.31. The lowest BCUT2D eigenvalue weighted by atomic mass is 10.1. The molecule has 1 amide bonds. The highest BCUT2D eigenvalue weighted by molar-refractivity contribution is 5.93. The Morgan fingerprint density at radius 2 is 2.04 bits per heavy atom. The lowest BCUT2D eigenvalue weighted by molar-refractivity contribution is -0.119. The fourth-order valence-electron chi connectivity index (χ4n) is 3.33. The molecule has 0 radical (unpaired) electrons. The monoisotopic (exact) mass is 320 g/mol. The number of H-pyrrole nitrogens is 1. The maximum atomic E-state index is 12.4. The van der Waals surface area contributed by atoms with Crippen LogP contribution in [0.2, 0.25) is 0 Å². The predicted octanol–water partition coefficient (Wildman–Crippen LogP) is 3.30. The quantitative estimate of drug-likeness (QED) is 0.692. The molecule has 4 rings (SSSR count). The van der Waals surface area contributed by atoms with Gasteiger partial charge in [0.05, 0.1) is 11.0 Å². The minimum atomic E-state index is 0.0230. The van der Waals surface area contributed by atoms with Crippen LogP contribution in [-0.2, 0) is 4.79 Å². The Bertz CT molecular complexity index is 853. The molecule has 122 valence electrons. The molecular formula is C19H20N4O. The van der Waals surface area contributed by atoms with Gasteiger partial charge in [-0.25, -0.2) is 4.98 Å². The van der Waals surface area contributed by atoms with E-state index in [0.29, 0.717) is 0 Å². The third kappa shape index (κ3) is 2.90. The van der Waals surface area contributed by atoms with Crippen molar-refractivity contribution >= 4 is 22.6 Å². The van der Waals surface area contributed by atoms with Gasteiger partial charge < -0.3 is 16.0 Å². The van der Waals surface area contributed by atoms with Crippen molar-refractivity contribution in [2.24, 2.45) is 11.7 Å². The number of amides is 1. The van der Waals surface area contributed by atoms with Crippen molar-refractivity contribution < 1.29 is 4.79 Å². The van der Waals surface area contributed by atoms with Crippen LogP contribution in [0.1, 0.15) is 19.3 Å².